The van der Waals surface area contributed by atoms with Crippen LogP contribution in [0, 0.1) is 6.92 Å². The highest BCUT2D eigenvalue weighted by Crippen LogP contribution is 2.36. The third-order valence-corrected chi connectivity index (χ3v) is 7.40. The van der Waals surface area contributed by atoms with E-state index in [-0.39, 0.29) is 0 Å². The van der Waals surface area contributed by atoms with Gasteiger partial charge in [-0.05, 0) is 24.3 Å². The van der Waals surface area contributed by atoms with Gasteiger partial charge in [-0.25, -0.2) is 0 Å². The molecule has 1 heteroatoms. The standard InChI is InChI=1S/C14H22Si/c1-11-6-7-13-12(10-11)14(2,3)8-9-15(13,4)5/h6-7,10H,8-9H2,1-5H3. The van der Waals surface area contributed by atoms with Crippen molar-refractivity contribution < 1.29 is 0 Å². The number of aryl methyl sites for hydroxylation is 1. The van der Waals surface area contributed by atoms with Gasteiger partial charge in [0.05, 0.1) is 8.07 Å². The summed E-state index contributed by atoms with van der Waals surface area (Å²) in [5.41, 5.74) is 3.43. The Balaban J connectivity index is 2.64. The summed E-state index contributed by atoms with van der Waals surface area (Å²) >= 11 is 0. The molecule has 0 saturated carbocycles. The SMILES string of the molecule is Cc1ccc2c(c1)C(C)(C)CC[Si]2(C)C. The monoisotopic (exact) mass is 218 g/mol. The van der Waals surface area contributed by atoms with Crippen molar-refractivity contribution in [2.24, 2.45) is 0 Å². The highest BCUT2D eigenvalue weighted by Gasteiger charge is 2.37. The van der Waals surface area contributed by atoms with Crippen LogP contribution in [0.3, 0.4) is 0 Å². The van der Waals surface area contributed by atoms with Crippen LogP contribution in [0.2, 0.25) is 19.1 Å². The maximum absolute atomic E-state index is 2.51. The predicted molar refractivity (Wildman–Crippen MR) is 70.7 cm³/mol. The second-order valence-electron chi connectivity index (χ2n) is 6.32. The molecule has 1 aromatic carbocycles. The lowest BCUT2D eigenvalue weighted by Gasteiger charge is -2.40. The van der Waals surface area contributed by atoms with Gasteiger partial charge in [0.2, 0.25) is 0 Å². The lowest BCUT2D eigenvalue weighted by Crippen LogP contribution is -2.50. The highest BCUT2D eigenvalue weighted by molar-refractivity contribution is 6.90. The first-order chi connectivity index (χ1) is 6.83. The Hall–Kier alpha value is -0.563. The summed E-state index contributed by atoms with van der Waals surface area (Å²) in [7, 11) is -1.12. The second kappa shape index (κ2) is 3.21. The number of benzene rings is 1. The third kappa shape index (κ3) is 1.78. The zero-order valence-electron chi connectivity index (χ0n) is 10.6. The summed E-state index contributed by atoms with van der Waals surface area (Å²) in [4.78, 5) is 0. The molecule has 0 spiro atoms. The summed E-state index contributed by atoms with van der Waals surface area (Å²) in [6.45, 7) is 12.0. The summed E-state index contributed by atoms with van der Waals surface area (Å²) < 4.78 is 0. The van der Waals surface area contributed by atoms with Crippen LogP contribution < -0.4 is 5.19 Å². The van der Waals surface area contributed by atoms with E-state index in [1.54, 1.807) is 10.8 Å². The van der Waals surface area contributed by atoms with E-state index in [2.05, 4.69) is 52.1 Å². The molecule has 0 saturated heterocycles. The van der Waals surface area contributed by atoms with Crippen LogP contribution in [0.1, 0.15) is 31.4 Å². The molecule has 0 aromatic heterocycles. The largest absolute Gasteiger partial charge is 0.0810 e. The molecule has 1 aliphatic heterocycles. The lowest BCUT2D eigenvalue weighted by molar-refractivity contribution is 0.498. The minimum absolute atomic E-state index is 0.393. The first kappa shape index (κ1) is 10.9. The molecule has 2 rings (SSSR count). The maximum Gasteiger partial charge on any atom is 0.0810 e. The van der Waals surface area contributed by atoms with Gasteiger partial charge < -0.3 is 0 Å². The molecule has 0 N–H and O–H groups in total. The number of fused-ring (bicyclic) bond motifs is 1. The van der Waals surface area contributed by atoms with E-state index in [0.29, 0.717) is 5.41 Å². The van der Waals surface area contributed by atoms with Crippen LogP contribution in [0.4, 0.5) is 0 Å². The highest BCUT2D eigenvalue weighted by atomic mass is 28.3. The smallest absolute Gasteiger partial charge is 0.0654 e. The van der Waals surface area contributed by atoms with Crippen molar-refractivity contribution in [1.82, 2.24) is 0 Å². The molecule has 82 valence electrons. The average molecular weight is 218 g/mol. The number of rotatable bonds is 0. The van der Waals surface area contributed by atoms with Crippen molar-refractivity contribution in [3.63, 3.8) is 0 Å². The van der Waals surface area contributed by atoms with Crippen LogP contribution in [-0.2, 0) is 5.41 Å². The van der Waals surface area contributed by atoms with Gasteiger partial charge in [-0.2, -0.15) is 0 Å². The van der Waals surface area contributed by atoms with Gasteiger partial charge in [0.1, 0.15) is 0 Å². The van der Waals surface area contributed by atoms with E-state index in [1.807, 2.05) is 0 Å². The van der Waals surface area contributed by atoms with Crippen LogP contribution in [-0.4, -0.2) is 8.07 Å². The topological polar surface area (TPSA) is 0 Å². The Bertz CT molecular complexity index is 388. The van der Waals surface area contributed by atoms with Crippen molar-refractivity contribution >= 4 is 13.3 Å². The fraction of sp³-hybridized carbons (Fsp3) is 0.571. The maximum atomic E-state index is 2.51. The molecule has 0 amide bonds. The molecular weight excluding hydrogens is 196 g/mol. The Kier molecular flexibility index (Phi) is 2.34. The zero-order valence-corrected chi connectivity index (χ0v) is 11.6. The minimum Gasteiger partial charge on any atom is -0.0654 e. The van der Waals surface area contributed by atoms with Crippen molar-refractivity contribution in [1.29, 1.82) is 0 Å². The van der Waals surface area contributed by atoms with E-state index < -0.39 is 8.07 Å². The molecule has 1 aromatic rings. The lowest BCUT2D eigenvalue weighted by atomic mass is 9.81. The summed E-state index contributed by atoms with van der Waals surface area (Å²) in [5, 5.41) is 1.70. The molecule has 0 nitrogen and oxygen atoms in total. The molecule has 0 radical (unpaired) electrons. The van der Waals surface area contributed by atoms with Crippen LogP contribution in [0.15, 0.2) is 18.2 Å². The fourth-order valence-electron chi connectivity index (χ4n) is 2.70. The number of hydrogen-bond donors (Lipinski definition) is 0. The van der Waals surface area contributed by atoms with E-state index in [9.17, 15) is 0 Å². The molecule has 0 unspecified atom stereocenters. The van der Waals surface area contributed by atoms with Gasteiger partial charge in [-0.15, -0.1) is 0 Å². The average Bonchev–Trinajstić information content (AvgIpc) is 2.13. The Morgan fingerprint density at radius 1 is 1.20 bits per heavy atom. The van der Waals surface area contributed by atoms with Gasteiger partial charge in [0, 0.05) is 0 Å². The summed E-state index contributed by atoms with van der Waals surface area (Å²) in [6.07, 6.45) is 1.36. The fourth-order valence-corrected chi connectivity index (χ4v) is 5.90. The quantitative estimate of drug-likeness (QED) is 0.584. The molecule has 1 aliphatic rings. The zero-order chi connectivity index (χ0) is 11.3. The van der Waals surface area contributed by atoms with Crippen molar-refractivity contribution in [3.8, 4) is 0 Å². The molecule has 0 fully saturated rings. The normalized spacial score (nSPS) is 22.2. The van der Waals surface area contributed by atoms with Crippen LogP contribution in [0.25, 0.3) is 0 Å². The molecule has 15 heavy (non-hydrogen) atoms. The van der Waals surface area contributed by atoms with E-state index >= 15 is 0 Å². The molecule has 0 aliphatic carbocycles. The number of hydrogen-bond acceptors (Lipinski definition) is 0. The summed E-state index contributed by atoms with van der Waals surface area (Å²) in [6, 6.07) is 8.55. The van der Waals surface area contributed by atoms with Gasteiger partial charge in [-0.1, -0.05) is 61.9 Å². The van der Waals surface area contributed by atoms with E-state index in [1.165, 1.54) is 18.0 Å². The Morgan fingerprint density at radius 3 is 2.53 bits per heavy atom. The summed E-state index contributed by atoms with van der Waals surface area (Å²) in [5.74, 6) is 0. The van der Waals surface area contributed by atoms with Gasteiger partial charge in [0.15, 0.2) is 0 Å². The first-order valence-electron chi connectivity index (χ1n) is 5.95. The Labute approximate surface area is 94.7 Å². The van der Waals surface area contributed by atoms with Crippen molar-refractivity contribution in [2.45, 2.75) is 51.7 Å². The third-order valence-electron chi connectivity index (χ3n) is 4.01. The van der Waals surface area contributed by atoms with E-state index in [4.69, 9.17) is 0 Å². The van der Waals surface area contributed by atoms with Crippen molar-refractivity contribution in [2.75, 3.05) is 0 Å². The molecule has 0 atom stereocenters. The molecular formula is C14H22Si. The first-order valence-corrected chi connectivity index (χ1v) is 9.15. The second-order valence-corrected chi connectivity index (χ2v) is 11.1. The van der Waals surface area contributed by atoms with Crippen LogP contribution in [0.5, 0.6) is 0 Å². The minimum atomic E-state index is -1.12. The van der Waals surface area contributed by atoms with Crippen molar-refractivity contribution in [3.05, 3.63) is 29.3 Å². The van der Waals surface area contributed by atoms with Gasteiger partial charge in [-0.3, -0.25) is 0 Å². The van der Waals surface area contributed by atoms with Crippen LogP contribution >= 0.6 is 0 Å². The molecule has 1 heterocycles. The Morgan fingerprint density at radius 2 is 1.87 bits per heavy atom. The van der Waals surface area contributed by atoms with E-state index in [0.717, 1.165) is 0 Å². The van der Waals surface area contributed by atoms with Gasteiger partial charge in [0.25, 0.3) is 0 Å². The van der Waals surface area contributed by atoms with Gasteiger partial charge >= 0.3 is 0 Å². The molecule has 0 bridgehead atoms. The predicted octanol–water partition coefficient (Wildman–Crippen LogP) is 3.59.